The Morgan fingerprint density at radius 3 is 2.07 bits per heavy atom. The molecule has 0 bridgehead atoms. The van der Waals surface area contributed by atoms with Crippen LogP contribution in [0.5, 0.6) is 0 Å². The molecule has 0 saturated heterocycles. The fourth-order valence-corrected chi connectivity index (χ4v) is 2.45. The van der Waals surface area contributed by atoms with E-state index in [1.807, 2.05) is 6.92 Å². The van der Waals surface area contributed by atoms with Crippen LogP contribution in [0.4, 0.5) is 0 Å². The third-order valence-corrected chi connectivity index (χ3v) is 4.22. The van der Waals surface area contributed by atoms with Crippen molar-refractivity contribution in [1.29, 1.82) is 5.41 Å². The van der Waals surface area contributed by atoms with Crippen LogP contribution in [-0.2, 0) is 9.59 Å². The van der Waals surface area contributed by atoms with Crippen molar-refractivity contribution in [3.63, 3.8) is 0 Å². The monoisotopic (exact) mass is 388 g/mol. The lowest BCUT2D eigenvalue weighted by atomic mass is 9.90. The minimum absolute atomic E-state index is 0.106. The maximum atomic E-state index is 11.9. The molecule has 1 amide bonds. The Labute approximate surface area is 161 Å². The van der Waals surface area contributed by atoms with Gasteiger partial charge in [-0.1, -0.05) is 34.1 Å². The number of unbranched alkanes of at least 4 members (excludes halogenated alkanes) is 1. The Kier molecular flexibility index (Phi) is 11.6. The molecule has 0 radical (unpaired) electrons. The first kappa shape index (κ1) is 25.6. The Bertz CT molecular complexity index is 489. The third kappa shape index (κ3) is 10.5. The minimum atomic E-state index is -2.02. The molecular formula is C19H36N2O6. The fraction of sp³-hybridized carbons (Fsp3) is 0.842. The zero-order valence-corrected chi connectivity index (χ0v) is 16.9. The molecule has 0 spiro atoms. The van der Waals surface area contributed by atoms with Crippen LogP contribution in [0.1, 0.15) is 66.2 Å². The summed E-state index contributed by atoms with van der Waals surface area (Å²) in [5.41, 5.74) is 0.230. The summed E-state index contributed by atoms with van der Waals surface area (Å²) in [5.74, 6) is -1.72. The summed E-state index contributed by atoms with van der Waals surface area (Å²) in [4.78, 5) is 23.8. The first-order valence-electron chi connectivity index (χ1n) is 9.49. The molecule has 0 aromatic carbocycles. The van der Waals surface area contributed by atoms with Gasteiger partial charge in [0.1, 0.15) is 18.3 Å². The summed E-state index contributed by atoms with van der Waals surface area (Å²) in [6.07, 6.45) is -4.80. The number of rotatable bonds is 13. The van der Waals surface area contributed by atoms with Gasteiger partial charge in [0.15, 0.2) is 11.9 Å². The number of carbonyl (C=O) groups is 2. The van der Waals surface area contributed by atoms with Crippen molar-refractivity contribution in [2.45, 2.75) is 90.6 Å². The summed E-state index contributed by atoms with van der Waals surface area (Å²) < 4.78 is 0. The van der Waals surface area contributed by atoms with E-state index in [-0.39, 0.29) is 17.5 Å². The van der Waals surface area contributed by atoms with Crippen LogP contribution in [-0.4, -0.2) is 68.8 Å². The predicted molar refractivity (Wildman–Crippen MR) is 103 cm³/mol. The number of hydrogen-bond donors (Lipinski definition) is 6. The lowest BCUT2D eigenvalue weighted by Crippen LogP contribution is -2.52. The maximum Gasteiger partial charge on any atom is 0.251 e. The van der Waals surface area contributed by atoms with Crippen LogP contribution in [0, 0.1) is 10.8 Å². The first-order chi connectivity index (χ1) is 12.4. The van der Waals surface area contributed by atoms with Gasteiger partial charge in [-0.2, -0.15) is 0 Å². The van der Waals surface area contributed by atoms with Gasteiger partial charge in [0, 0.05) is 18.7 Å². The van der Waals surface area contributed by atoms with Crippen LogP contribution >= 0.6 is 0 Å². The minimum Gasteiger partial charge on any atom is -0.387 e. The number of aliphatic hydroxyl groups is 4. The lowest BCUT2D eigenvalue weighted by Gasteiger charge is -2.25. The van der Waals surface area contributed by atoms with Crippen molar-refractivity contribution >= 4 is 17.4 Å². The molecule has 0 saturated carbocycles. The van der Waals surface area contributed by atoms with Crippen molar-refractivity contribution in [3.05, 3.63) is 0 Å². The van der Waals surface area contributed by atoms with Crippen molar-refractivity contribution in [1.82, 2.24) is 5.32 Å². The van der Waals surface area contributed by atoms with E-state index < -0.39 is 36.1 Å². The van der Waals surface area contributed by atoms with Gasteiger partial charge < -0.3 is 31.2 Å². The molecule has 27 heavy (non-hydrogen) atoms. The summed E-state index contributed by atoms with van der Waals surface area (Å²) in [5, 5.41) is 49.7. The largest absolute Gasteiger partial charge is 0.387 e. The van der Waals surface area contributed by atoms with Gasteiger partial charge in [-0.25, -0.2) is 0 Å². The van der Waals surface area contributed by atoms with E-state index in [0.29, 0.717) is 19.4 Å². The second-order valence-corrected chi connectivity index (χ2v) is 8.18. The molecule has 0 heterocycles. The van der Waals surface area contributed by atoms with E-state index in [2.05, 4.69) is 26.1 Å². The van der Waals surface area contributed by atoms with Gasteiger partial charge in [0.05, 0.1) is 0 Å². The number of hydrogen-bond acceptors (Lipinski definition) is 7. The molecule has 0 unspecified atom stereocenters. The quantitative estimate of drug-likeness (QED) is 0.200. The summed E-state index contributed by atoms with van der Waals surface area (Å²) >= 11 is 0. The molecule has 4 atom stereocenters. The molecule has 0 rings (SSSR count). The van der Waals surface area contributed by atoms with E-state index in [1.54, 1.807) is 0 Å². The van der Waals surface area contributed by atoms with Crippen LogP contribution in [0.15, 0.2) is 0 Å². The predicted octanol–water partition coefficient (Wildman–Crippen LogP) is 0.542. The van der Waals surface area contributed by atoms with Crippen molar-refractivity contribution in [3.8, 4) is 0 Å². The molecular weight excluding hydrogens is 352 g/mol. The zero-order chi connectivity index (χ0) is 21.2. The Morgan fingerprint density at radius 2 is 1.56 bits per heavy atom. The average Bonchev–Trinajstić information content (AvgIpc) is 2.59. The number of carbonyl (C=O) groups excluding carboxylic acids is 2. The molecule has 8 heteroatoms. The SMILES string of the molecule is CCCCC(=N)CC(=O)[C@H](O)[C@@H](O)[C@@H](O)[C@H](O)C(=O)NCCCC(C)(C)C. The lowest BCUT2D eigenvalue weighted by molar-refractivity contribution is -0.153. The Morgan fingerprint density at radius 1 is 1.00 bits per heavy atom. The number of amides is 1. The highest BCUT2D eigenvalue weighted by Gasteiger charge is 2.37. The highest BCUT2D eigenvalue weighted by Crippen LogP contribution is 2.19. The topological polar surface area (TPSA) is 151 Å². The van der Waals surface area contributed by atoms with E-state index in [4.69, 9.17) is 5.41 Å². The van der Waals surface area contributed by atoms with Gasteiger partial charge in [0.25, 0.3) is 5.91 Å². The fourth-order valence-electron chi connectivity index (χ4n) is 2.45. The molecule has 0 aliphatic rings. The van der Waals surface area contributed by atoms with Gasteiger partial charge >= 0.3 is 0 Å². The Balaban J connectivity index is 4.49. The third-order valence-electron chi connectivity index (χ3n) is 4.22. The molecule has 0 aliphatic heterocycles. The zero-order valence-electron chi connectivity index (χ0n) is 16.9. The van der Waals surface area contributed by atoms with E-state index in [1.165, 1.54) is 0 Å². The normalized spacial score (nSPS) is 16.3. The second kappa shape index (κ2) is 12.2. The molecule has 0 aliphatic carbocycles. The van der Waals surface area contributed by atoms with Gasteiger partial charge in [-0.15, -0.1) is 0 Å². The van der Waals surface area contributed by atoms with Crippen LogP contribution in [0.25, 0.3) is 0 Å². The second-order valence-electron chi connectivity index (χ2n) is 8.18. The number of aliphatic hydroxyl groups excluding tert-OH is 4. The molecule has 0 aromatic rings. The number of nitrogens with one attached hydrogen (secondary N) is 2. The van der Waals surface area contributed by atoms with Crippen molar-refractivity contribution < 1.29 is 30.0 Å². The van der Waals surface area contributed by atoms with Crippen molar-refractivity contribution in [2.24, 2.45) is 5.41 Å². The first-order valence-corrected chi connectivity index (χ1v) is 9.49. The molecule has 8 nitrogen and oxygen atoms in total. The molecule has 6 N–H and O–H groups in total. The van der Waals surface area contributed by atoms with Gasteiger partial charge in [-0.05, 0) is 31.1 Å². The summed E-state index contributed by atoms with van der Waals surface area (Å²) in [6, 6.07) is 0. The Hall–Kier alpha value is -1.35. The molecule has 158 valence electrons. The average molecular weight is 389 g/mol. The summed E-state index contributed by atoms with van der Waals surface area (Å²) in [6.45, 7) is 8.42. The van der Waals surface area contributed by atoms with Gasteiger partial charge in [0.2, 0.25) is 0 Å². The van der Waals surface area contributed by atoms with E-state index in [0.717, 1.165) is 19.3 Å². The van der Waals surface area contributed by atoms with E-state index in [9.17, 15) is 30.0 Å². The summed E-state index contributed by atoms with van der Waals surface area (Å²) in [7, 11) is 0. The maximum absolute atomic E-state index is 11.9. The van der Waals surface area contributed by atoms with Crippen LogP contribution in [0.3, 0.4) is 0 Å². The highest BCUT2D eigenvalue weighted by molar-refractivity contribution is 6.02. The van der Waals surface area contributed by atoms with Crippen LogP contribution < -0.4 is 5.32 Å². The molecule has 0 fully saturated rings. The highest BCUT2D eigenvalue weighted by atomic mass is 16.4. The standard InChI is InChI=1S/C19H36N2O6/c1-5-6-8-12(20)11-13(22)14(23)15(24)16(25)17(26)18(27)21-10-7-9-19(2,3)4/h14-17,20,23-26H,5-11H2,1-4H3,(H,21,27)/t14-,15+,16+,17-/m0/s1. The molecule has 0 aromatic heterocycles. The van der Waals surface area contributed by atoms with E-state index >= 15 is 0 Å². The van der Waals surface area contributed by atoms with Crippen LogP contribution in [0.2, 0.25) is 0 Å². The van der Waals surface area contributed by atoms with Gasteiger partial charge in [-0.3, -0.25) is 9.59 Å². The smallest absolute Gasteiger partial charge is 0.251 e. The number of Topliss-reactive ketones (excluding diaryl/α,β-unsaturated/α-hetero) is 1. The van der Waals surface area contributed by atoms with Crippen molar-refractivity contribution in [2.75, 3.05) is 6.54 Å². The number of ketones is 1.